The van der Waals surface area contributed by atoms with Gasteiger partial charge in [0.2, 0.25) is 0 Å². The molecular formula is C13H18BrN. The molecule has 0 radical (unpaired) electrons. The monoisotopic (exact) mass is 267 g/mol. The zero-order chi connectivity index (χ0) is 10.7. The second-order valence-corrected chi connectivity index (χ2v) is 5.26. The van der Waals surface area contributed by atoms with E-state index >= 15 is 0 Å². The van der Waals surface area contributed by atoms with Gasteiger partial charge in [0, 0.05) is 10.5 Å². The third-order valence-electron chi connectivity index (χ3n) is 3.38. The summed E-state index contributed by atoms with van der Waals surface area (Å²) in [5.74, 6) is 0.869. The van der Waals surface area contributed by atoms with Gasteiger partial charge in [-0.1, -0.05) is 41.4 Å². The fourth-order valence-corrected chi connectivity index (χ4v) is 2.69. The number of hydrogen-bond donors (Lipinski definition) is 1. The van der Waals surface area contributed by atoms with Gasteiger partial charge in [0.15, 0.2) is 0 Å². The summed E-state index contributed by atoms with van der Waals surface area (Å²) in [7, 11) is 0. The third-order valence-corrected chi connectivity index (χ3v) is 3.91. The molecule has 15 heavy (non-hydrogen) atoms. The van der Waals surface area contributed by atoms with E-state index in [4.69, 9.17) is 0 Å². The van der Waals surface area contributed by atoms with Crippen molar-refractivity contribution in [3.8, 4) is 0 Å². The summed E-state index contributed by atoms with van der Waals surface area (Å²) in [6.07, 6.45) is 3.82. The Hall–Kier alpha value is -0.340. The van der Waals surface area contributed by atoms with Crippen LogP contribution in [0.5, 0.6) is 0 Å². The van der Waals surface area contributed by atoms with Gasteiger partial charge in [-0.3, -0.25) is 0 Å². The van der Waals surface area contributed by atoms with Crippen LogP contribution in [0, 0.1) is 5.92 Å². The minimum atomic E-state index is 0.691. The second kappa shape index (κ2) is 5.13. The van der Waals surface area contributed by atoms with Crippen LogP contribution in [0.1, 0.15) is 25.3 Å². The normalized spacial score (nSPS) is 25.7. The van der Waals surface area contributed by atoms with Crippen molar-refractivity contribution in [2.45, 2.75) is 32.2 Å². The van der Waals surface area contributed by atoms with Gasteiger partial charge >= 0.3 is 0 Å². The Morgan fingerprint density at radius 3 is 2.73 bits per heavy atom. The zero-order valence-corrected chi connectivity index (χ0v) is 10.8. The van der Waals surface area contributed by atoms with Crippen LogP contribution in [-0.4, -0.2) is 12.6 Å². The summed E-state index contributed by atoms with van der Waals surface area (Å²) < 4.78 is 1.16. The smallest absolute Gasteiger partial charge is 0.0175 e. The van der Waals surface area contributed by atoms with E-state index in [9.17, 15) is 0 Å². The minimum absolute atomic E-state index is 0.691. The van der Waals surface area contributed by atoms with Crippen molar-refractivity contribution in [2.24, 2.45) is 5.92 Å². The second-order valence-electron chi connectivity index (χ2n) is 4.35. The molecule has 1 nitrogen and oxygen atoms in total. The van der Waals surface area contributed by atoms with Crippen molar-refractivity contribution in [1.29, 1.82) is 0 Å². The summed E-state index contributed by atoms with van der Waals surface area (Å²) in [6.45, 7) is 3.49. The molecule has 0 aromatic heterocycles. The van der Waals surface area contributed by atoms with Gasteiger partial charge in [0.25, 0.3) is 0 Å². The lowest BCUT2D eigenvalue weighted by Gasteiger charge is -2.17. The number of hydrogen-bond acceptors (Lipinski definition) is 1. The molecule has 2 atom stereocenters. The molecule has 2 rings (SSSR count). The molecule has 1 aromatic rings. The van der Waals surface area contributed by atoms with Crippen molar-refractivity contribution in [3.05, 3.63) is 34.3 Å². The summed E-state index contributed by atoms with van der Waals surface area (Å²) >= 11 is 3.47. The first kappa shape index (κ1) is 11.2. The maximum Gasteiger partial charge on any atom is 0.0175 e. The lowest BCUT2D eigenvalue weighted by Crippen LogP contribution is -2.28. The molecule has 1 N–H and O–H groups in total. The van der Waals surface area contributed by atoms with Crippen LogP contribution in [0.2, 0.25) is 0 Å². The summed E-state index contributed by atoms with van der Waals surface area (Å²) in [5.41, 5.74) is 1.44. The number of halogens is 1. The lowest BCUT2D eigenvalue weighted by atomic mass is 9.93. The fourth-order valence-electron chi connectivity index (χ4n) is 2.42. The largest absolute Gasteiger partial charge is 0.313 e. The Balaban J connectivity index is 1.99. The van der Waals surface area contributed by atoms with E-state index < -0.39 is 0 Å². The van der Waals surface area contributed by atoms with Crippen molar-refractivity contribution in [2.75, 3.05) is 6.54 Å². The van der Waals surface area contributed by atoms with E-state index in [0.717, 1.165) is 10.4 Å². The molecule has 2 unspecified atom stereocenters. The highest BCUT2D eigenvalue weighted by Crippen LogP contribution is 2.22. The predicted octanol–water partition coefficient (Wildman–Crippen LogP) is 3.38. The van der Waals surface area contributed by atoms with Crippen molar-refractivity contribution < 1.29 is 0 Å². The van der Waals surface area contributed by atoms with Gasteiger partial charge in [-0.15, -0.1) is 0 Å². The van der Waals surface area contributed by atoms with Crippen LogP contribution in [0.15, 0.2) is 28.7 Å². The molecule has 1 aromatic carbocycles. The highest BCUT2D eigenvalue weighted by molar-refractivity contribution is 9.10. The van der Waals surface area contributed by atoms with E-state index in [2.05, 4.69) is 52.4 Å². The topological polar surface area (TPSA) is 12.0 Å². The molecule has 0 spiro atoms. The summed E-state index contributed by atoms with van der Waals surface area (Å²) in [5, 5.41) is 3.61. The quantitative estimate of drug-likeness (QED) is 0.886. The fraction of sp³-hybridized carbons (Fsp3) is 0.538. The maximum atomic E-state index is 3.61. The van der Waals surface area contributed by atoms with Gasteiger partial charge in [0.1, 0.15) is 0 Å². The Labute approximate surface area is 100 Å². The van der Waals surface area contributed by atoms with Gasteiger partial charge in [0.05, 0.1) is 0 Å². The van der Waals surface area contributed by atoms with Crippen molar-refractivity contribution in [3.63, 3.8) is 0 Å². The van der Waals surface area contributed by atoms with Gasteiger partial charge in [-0.2, -0.15) is 0 Å². The molecule has 2 heteroatoms. The van der Waals surface area contributed by atoms with Gasteiger partial charge in [-0.25, -0.2) is 0 Å². The Morgan fingerprint density at radius 2 is 2.07 bits per heavy atom. The maximum absolute atomic E-state index is 3.61. The van der Waals surface area contributed by atoms with E-state index in [1.165, 1.54) is 31.4 Å². The molecule has 0 bridgehead atoms. The molecular weight excluding hydrogens is 250 g/mol. The van der Waals surface area contributed by atoms with Crippen LogP contribution >= 0.6 is 15.9 Å². The van der Waals surface area contributed by atoms with Gasteiger partial charge < -0.3 is 5.32 Å². The molecule has 82 valence electrons. The summed E-state index contributed by atoms with van der Waals surface area (Å²) in [4.78, 5) is 0. The Kier molecular flexibility index (Phi) is 3.81. The van der Waals surface area contributed by atoms with E-state index in [1.54, 1.807) is 0 Å². The average molecular weight is 268 g/mol. The summed E-state index contributed by atoms with van der Waals surface area (Å²) in [6, 6.07) is 9.39. The predicted molar refractivity (Wildman–Crippen MR) is 68.0 cm³/mol. The van der Waals surface area contributed by atoms with Gasteiger partial charge in [-0.05, 0) is 43.0 Å². The first-order valence-corrected chi connectivity index (χ1v) is 6.56. The van der Waals surface area contributed by atoms with Crippen LogP contribution in [-0.2, 0) is 6.42 Å². The van der Waals surface area contributed by atoms with Crippen LogP contribution in [0.25, 0.3) is 0 Å². The van der Waals surface area contributed by atoms with Crippen LogP contribution < -0.4 is 5.32 Å². The van der Waals surface area contributed by atoms with E-state index in [-0.39, 0.29) is 0 Å². The first-order chi connectivity index (χ1) is 7.29. The number of rotatable bonds is 3. The van der Waals surface area contributed by atoms with Crippen molar-refractivity contribution >= 4 is 15.9 Å². The molecule has 1 saturated heterocycles. The lowest BCUT2D eigenvalue weighted by molar-refractivity contribution is 0.433. The number of benzene rings is 1. The average Bonchev–Trinajstić information content (AvgIpc) is 2.69. The Morgan fingerprint density at radius 1 is 1.33 bits per heavy atom. The van der Waals surface area contributed by atoms with Crippen LogP contribution in [0.4, 0.5) is 0 Å². The molecule has 1 aliphatic rings. The third kappa shape index (κ3) is 2.82. The number of nitrogens with one attached hydrogen (secondary N) is 1. The molecule has 0 aliphatic carbocycles. The van der Waals surface area contributed by atoms with E-state index in [0.29, 0.717) is 6.04 Å². The van der Waals surface area contributed by atoms with E-state index in [1.807, 2.05) is 0 Å². The standard InChI is InChI=1S/C13H18BrN/c1-2-11-7-8-15-13(11)9-10-3-5-12(14)6-4-10/h3-6,11,13,15H,2,7-9H2,1H3. The highest BCUT2D eigenvalue weighted by Gasteiger charge is 2.24. The molecule has 1 fully saturated rings. The molecule has 0 amide bonds. The van der Waals surface area contributed by atoms with Crippen molar-refractivity contribution in [1.82, 2.24) is 5.32 Å². The zero-order valence-electron chi connectivity index (χ0n) is 9.17. The first-order valence-electron chi connectivity index (χ1n) is 5.77. The molecule has 1 aliphatic heterocycles. The SMILES string of the molecule is CCC1CCNC1Cc1ccc(Br)cc1. The minimum Gasteiger partial charge on any atom is -0.313 e. The Bertz CT molecular complexity index is 307. The molecule has 0 saturated carbocycles. The van der Waals surface area contributed by atoms with Crippen LogP contribution in [0.3, 0.4) is 0 Å². The molecule has 1 heterocycles. The highest BCUT2D eigenvalue weighted by atomic mass is 79.9.